The Balaban J connectivity index is 1.31. The number of rotatable bonds is 6. The molecule has 1 aliphatic rings. The van der Waals surface area contributed by atoms with Gasteiger partial charge in [-0.05, 0) is 56.4 Å². The second-order valence-corrected chi connectivity index (χ2v) is 9.24. The highest BCUT2D eigenvalue weighted by molar-refractivity contribution is 5.68. The Morgan fingerprint density at radius 3 is 2.58 bits per heavy atom. The van der Waals surface area contributed by atoms with Crippen LogP contribution in [0.3, 0.4) is 0 Å². The number of ether oxygens (including phenoxy) is 2. The third-order valence-electron chi connectivity index (χ3n) is 5.34. The number of fused-ring (bicyclic) bond motifs is 1. The van der Waals surface area contributed by atoms with Crippen molar-refractivity contribution in [3.63, 3.8) is 0 Å². The quantitative estimate of drug-likeness (QED) is 0.554. The summed E-state index contributed by atoms with van der Waals surface area (Å²) in [6, 6.07) is 15.9. The van der Waals surface area contributed by atoms with Crippen LogP contribution in [0.15, 0.2) is 54.7 Å². The third-order valence-corrected chi connectivity index (χ3v) is 5.34. The minimum absolute atomic E-state index is 0.275. The molecule has 33 heavy (non-hydrogen) atoms. The summed E-state index contributed by atoms with van der Waals surface area (Å²) in [4.78, 5) is 18.8. The number of amides is 1. The lowest BCUT2D eigenvalue weighted by Gasteiger charge is -2.31. The molecule has 0 radical (unpaired) electrons. The molecule has 0 atom stereocenters. The van der Waals surface area contributed by atoms with Crippen LogP contribution in [0, 0.1) is 0 Å². The summed E-state index contributed by atoms with van der Waals surface area (Å²) in [5.41, 5.74) is 4.74. The first-order valence-electron chi connectivity index (χ1n) is 11.3. The van der Waals surface area contributed by atoms with E-state index in [1.54, 1.807) is 4.90 Å². The number of aryl methyl sites for hydroxylation is 2. The van der Waals surface area contributed by atoms with Crippen molar-refractivity contribution in [3.05, 3.63) is 82.8 Å². The normalized spacial score (nSPS) is 13.4. The molecule has 7 nitrogen and oxygen atoms in total. The summed E-state index contributed by atoms with van der Waals surface area (Å²) in [6.07, 6.45) is 3.94. The van der Waals surface area contributed by atoms with Gasteiger partial charge in [-0.1, -0.05) is 36.4 Å². The molecule has 0 N–H and O–H groups in total. The summed E-state index contributed by atoms with van der Waals surface area (Å²) < 4.78 is 11.2. The molecule has 0 unspecified atom stereocenters. The monoisotopic (exact) mass is 446 g/mol. The smallest absolute Gasteiger partial charge is 0.410 e. The molecule has 7 heteroatoms. The highest BCUT2D eigenvalue weighted by Crippen LogP contribution is 2.21. The molecule has 172 valence electrons. The first-order chi connectivity index (χ1) is 15.9. The molecule has 0 aliphatic carbocycles. The summed E-state index contributed by atoms with van der Waals surface area (Å²) in [7, 11) is 0. The summed E-state index contributed by atoms with van der Waals surface area (Å²) in [6.45, 7) is 7.27. The number of nitrogens with zero attached hydrogens (tertiary/aromatic N) is 4. The van der Waals surface area contributed by atoms with Gasteiger partial charge in [0, 0.05) is 30.9 Å². The molecule has 3 aromatic rings. The highest BCUT2D eigenvalue weighted by Gasteiger charge is 2.26. The van der Waals surface area contributed by atoms with Gasteiger partial charge in [-0.3, -0.25) is 4.98 Å². The van der Waals surface area contributed by atoms with Crippen molar-refractivity contribution in [2.45, 2.75) is 58.8 Å². The number of pyridine rings is 1. The minimum atomic E-state index is -0.499. The van der Waals surface area contributed by atoms with E-state index in [0.29, 0.717) is 25.6 Å². The van der Waals surface area contributed by atoms with Crippen molar-refractivity contribution in [2.24, 2.45) is 0 Å². The van der Waals surface area contributed by atoms with Crippen molar-refractivity contribution >= 4 is 6.09 Å². The maximum Gasteiger partial charge on any atom is 0.410 e. The van der Waals surface area contributed by atoms with Gasteiger partial charge in [0.2, 0.25) is 5.88 Å². The van der Waals surface area contributed by atoms with Gasteiger partial charge in [-0.25, -0.2) is 4.79 Å². The lowest BCUT2D eigenvalue weighted by atomic mass is 10.0. The zero-order chi connectivity index (χ0) is 23.3. The van der Waals surface area contributed by atoms with Crippen molar-refractivity contribution < 1.29 is 14.3 Å². The van der Waals surface area contributed by atoms with Crippen molar-refractivity contribution in [2.75, 3.05) is 6.54 Å². The van der Waals surface area contributed by atoms with Crippen LogP contribution in [0.25, 0.3) is 0 Å². The fourth-order valence-electron chi connectivity index (χ4n) is 3.66. The second kappa shape index (κ2) is 9.98. The maximum absolute atomic E-state index is 12.4. The number of hydrogen-bond acceptors (Lipinski definition) is 6. The van der Waals surface area contributed by atoms with Gasteiger partial charge in [0.15, 0.2) is 0 Å². The zero-order valence-electron chi connectivity index (χ0n) is 19.5. The van der Waals surface area contributed by atoms with Gasteiger partial charge in [0.05, 0.1) is 12.2 Å². The van der Waals surface area contributed by atoms with E-state index < -0.39 is 5.60 Å². The molecular formula is C26H30N4O3. The Morgan fingerprint density at radius 1 is 1.03 bits per heavy atom. The zero-order valence-corrected chi connectivity index (χ0v) is 19.5. The summed E-state index contributed by atoms with van der Waals surface area (Å²) in [5, 5.41) is 8.49. The second-order valence-electron chi connectivity index (χ2n) is 9.24. The molecule has 2 aromatic heterocycles. The average molecular weight is 447 g/mol. The van der Waals surface area contributed by atoms with Crippen LogP contribution >= 0.6 is 0 Å². The number of hydrogen-bond donors (Lipinski definition) is 0. The first kappa shape index (κ1) is 22.7. The largest absolute Gasteiger partial charge is 0.472 e. The van der Waals surface area contributed by atoms with Gasteiger partial charge in [0.25, 0.3) is 0 Å². The standard InChI is InChI=1S/C26H30N4O3/c1-26(2,3)33-25(31)30-14-13-23-21(17-30)15-20(16-27-23)9-10-22-11-12-24(29-28-22)32-18-19-7-5-4-6-8-19/h4-8,11-12,15-16H,9-10,13-14,17-18H2,1-3H3. The number of aromatic nitrogens is 3. The molecule has 0 saturated carbocycles. The topological polar surface area (TPSA) is 77.4 Å². The van der Waals surface area contributed by atoms with Crippen molar-refractivity contribution in [1.29, 1.82) is 0 Å². The van der Waals surface area contributed by atoms with Crippen LogP contribution in [-0.4, -0.2) is 38.3 Å². The lowest BCUT2D eigenvalue weighted by molar-refractivity contribution is 0.0222. The highest BCUT2D eigenvalue weighted by atomic mass is 16.6. The Labute approximate surface area is 194 Å². The molecule has 0 bridgehead atoms. The molecule has 0 saturated heterocycles. The van der Waals surface area contributed by atoms with Gasteiger partial charge in [0.1, 0.15) is 12.2 Å². The number of benzene rings is 1. The van der Waals surface area contributed by atoms with Crippen LogP contribution in [-0.2, 0) is 37.2 Å². The number of carbonyl (C=O) groups is 1. The van der Waals surface area contributed by atoms with Gasteiger partial charge < -0.3 is 14.4 Å². The fraction of sp³-hybridized carbons (Fsp3) is 0.385. The van der Waals surface area contributed by atoms with Crippen LogP contribution in [0.2, 0.25) is 0 Å². The predicted molar refractivity (Wildman–Crippen MR) is 125 cm³/mol. The van der Waals surface area contributed by atoms with Crippen molar-refractivity contribution in [1.82, 2.24) is 20.1 Å². The predicted octanol–water partition coefficient (Wildman–Crippen LogP) is 4.53. The van der Waals surface area contributed by atoms with E-state index in [1.807, 2.05) is 69.4 Å². The van der Waals surface area contributed by atoms with E-state index in [9.17, 15) is 4.79 Å². The Hall–Kier alpha value is -3.48. The molecule has 1 amide bonds. The Kier molecular flexibility index (Phi) is 6.87. The Bertz CT molecular complexity index is 1080. The summed E-state index contributed by atoms with van der Waals surface area (Å²) >= 11 is 0. The number of carbonyl (C=O) groups excluding carboxylic acids is 1. The molecule has 1 aliphatic heterocycles. The van der Waals surface area contributed by atoms with Crippen molar-refractivity contribution in [3.8, 4) is 5.88 Å². The van der Waals surface area contributed by atoms with Crippen LogP contribution in [0.1, 0.15) is 48.8 Å². The Morgan fingerprint density at radius 2 is 1.85 bits per heavy atom. The molecule has 4 rings (SSSR count). The average Bonchev–Trinajstić information content (AvgIpc) is 2.81. The van der Waals surface area contributed by atoms with Crippen LogP contribution in [0.4, 0.5) is 4.79 Å². The minimum Gasteiger partial charge on any atom is -0.472 e. The SMILES string of the molecule is CC(C)(C)OC(=O)N1CCc2ncc(CCc3ccc(OCc4ccccc4)nn3)cc2C1. The molecular weight excluding hydrogens is 416 g/mol. The van der Waals surface area contributed by atoms with E-state index in [-0.39, 0.29) is 6.09 Å². The van der Waals surface area contributed by atoms with E-state index in [0.717, 1.165) is 47.3 Å². The van der Waals surface area contributed by atoms with Gasteiger partial charge in [-0.15, -0.1) is 5.10 Å². The molecule has 0 fully saturated rings. The van der Waals surface area contributed by atoms with E-state index in [2.05, 4.69) is 21.2 Å². The van der Waals surface area contributed by atoms with Crippen LogP contribution < -0.4 is 4.74 Å². The van der Waals surface area contributed by atoms with Gasteiger partial charge >= 0.3 is 6.09 Å². The first-order valence-corrected chi connectivity index (χ1v) is 11.3. The summed E-state index contributed by atoms with van der Waals surface area (Å²) in [5.74, 6) is 0.514. The maximum atomic E-state index is 12.4. The molecule has 1 aromatic carbocycles. The van der Waals surface area contributed by atoms with Crippen LogP contribution in [0.5, 0.6) is 5.88 Å². The van der Waals surface area contributed by atoms with E-state index >= 15 is 0 Å². The van der Waals surface area contributed by atoms with E-state index in [4.69, 9.17) is 9.47 Å². The van der Waals surface area contributed by atoms with E-state index in [1.165, 1.54) is 0 Å². The lowest BCUT2D eigenvalue weighted by Crippen LogP contribution is -2.40. The fourth-order valence-corrected chi connectivity index (χ4v) is 3.66. The third kappa shape index (κ3) is 6.51. The molecule has 0 spiro atoms. The molecule has 3 heterocycles. The van der Waals surface area contributed by atoms with Gasteiger partial charge in [-0.2, -0.15) is 5.10 Å².